The Kier molecular flexibility index (Phi) is 6.46. The summed E-state index contributed by atoms with van der Waals surface area (Å²) in [7, 11) is 2.85. The van der Waals surface area contributed by atoms with Gasteiger partial charge in [0.1, 0.15) is 0 Å². The summed E-state index contributed by atoms with van der Waals surface area (Å²) in [6.45, 7) is -0.00397. The number of aromatic hydroxyl groups is 2. The van der Waals surface area contributed by atoms with Gasteiger partial charge in [0.2, 0.25) is 5.91 Å². The van der Waals surface area contributed by atoms with Gasteiger partial charge in [-0.25, -0.2) is 0 Å². The Balaban J connectivity index is 1.93. The van der Waals surface area contributed by atoms with Crippen LogP contribution in [0.25, 0.3) is 6.08 Å². The first kappa shape index (κ1) is 19.1. The van der Waals surface area contributed by atoms with Gasteiger partial charge in [0.05, 0.1) is 20.3 Å². The van der Waals surface area contributed by atoms with Gasteiger partial charge < -0.3 is 30.1 Å². The zero-order chi connectivity index (χ0) is 19.1. The lowest BCUT2D eigenvalue weighted by Gasteiger charge is -2.13. The topological polar surface area (TPSA) is 108 Å². The molecule has 0 saturated heterocycles. The van der Waals surface area contributed by atoms with Crippen LogP contribution in [0.2, 0.25) is 0 Å². The molecule has 7 heteroatoms. The fourth-order valence-electron chi connectivity index (χ4n) is 2.25. The number of methoxy groups -OCH3 is 2. The maximum absolute atomic E-state index is 11.9. The van der Waals surface area contributed by atoms with Crippen molar-refractivity contribution < 1.29 is 29.6 Å². The lowest BCUT2D eigenvalue weighted by Crippen LogP contribution is -2.26. The Labute approximate surface area is 151 Å². The molecule has 0 saturated carbocycles. The molecule has 0 radical (unpaired) electrons. The van der Waals surface area contributed by atoms with E-state index in [0.29, 0.717) is 16.9 Å². The van der Waals surface area contributed by atoms with Crippen LogP contribution in [0, 0.1) is 0 Å². The molecule has 0 fully saturated rings. The molecule has 0 unspecified atom stereocenters. The second-order valence-electron chi connectivity index (χ2n) is 5.46. The van der Waals surface area contributed by atoms with Crippen molar-refractivity contribution in [3.63, 3.8) is 0 Å². The predicted molar refractivity (Wildman–Crippen MR) is 96.3 cm³/mol. The molecule has 4 N–H and O–H groups in total. The van der Waals surface area contributed by atoms with Gasteiger partial charge >= 0.3 is 0 Å². The van der Waals surface area contributed by atoms with Crippen LogP contribution < -0.4 is 14.8 Å². The summed E-state index contributed by atoms with van der Waals surface area (Å²) in [6, 6.07) is 9.17. The van der Waals surface area contributed by atoms with Crippen molar-refractivity contribution >= 4 is 12.0 Å². The van der Waals surface area contributed by atoms with Crippen LogP contribution in [0.4, 0.5) is 0 Å². The van der Waals surface area contributed by atoms with Crippen LogP contribution in [0.5, 0.6) is 23.0 Å². The van der Waals surface area contributed by atoms with Crippen molar-refractivity contribution in [3.05, 3.63) is 53.6 Å². The number of aliphatic hydroxyl groups is 1. The number of phenols is 2. The summed E-state index contributed by atoms with van der Waals surface area (Å²) < 4.78 is 9.99. The van der Waals surface area contributed by atoms with Crippen LogP contribution in [-0.4, -0.2) is 42.0 Å². The molecule has 0 spiro atoms. The van der Waals surface area contributed by atoms with Crippen molar-refractivity contribution in [3.8, 4) is 23.0 Å². The Bertz CT molecular complexity index is 803. The average molecular weight is 359 g/mol. The molecule has 2 aromatic rings. The zero-order valence-corrected chi connectivity index (χ0v) is 14.5. The minimum absolute atomic E-state index is 0.00397. The molecule has 0 bridgehead atoms. The van der Waals surface area contributed by atoms with E-state index in [9.17, 15) is 20.1 Å². The van der Waals surface area contributed by atoms with E-state index >= 15 is 0 Å². The first-order valence-corrected chi connectivity index (χ1v) is 7.82. The SMILES string of the molecule is COc1cc(/C=C/C(=O)NC[C@H](O)c2ccc(O)c(OC)c2)ccc1O. The summed E-state index contributed by atoms with van der Waals surface area (Å²) in [6.07, 6.45) is 1.93. The third-order valence-electron chi connectivity index (χ3n) is 3.69. The van der Waals surface area contributed by atoms with E-state index in [-0.39, 0.29) is 29.7 Å². The number of benzene rings is 2. The van der Waals surface area contributed by atoms with Crippen LogP contribution in [-0.2, 0) is 4.79 Å². The third-order valence-corrected chi connectivity index (χ3v) is 3.69. The van der Waals surface area contributed by atoms with Gasteiger partial charge in [0.25, 0.3) is 0 Å². The summed E-state index contributed by atoms with van der Waals surface area (Å²) >= 11 is 0. The number of aliphatic hydroxyl groups excluding tert-OH is 1. The Morgan fingerprint density at radius 2 is 1.69 bits per heavy atom. The highest BCUT2D eigenvalue weighted by atomic mass is 16.5. The van der Waals surface area contributed by atoms with E-state index in [4.69, 9.17) is 9.47 Å². The van der Waals surface area contributed by atoms with Gasteiger partial charge in [-0.15, -0.1) is 0 Å². The molecular weight excluding hydrogens is 338 g/mol. The number of ether oxygens (including phenoxy) is 2. The van der Waals surface area contributed by atoms with Crippen LogP contribution in [0.1, 0.15) is 17.2 Å². The van der Waals surface area contributed by atoms with Crippen molar-refractivity contribution in [2.24, 2.45) is 0 Å². The largest absolute Gasteiger partial charge is 0.504 e. The average Bonchev–Trinajstić information content (AvgIpc) is 2.65. The summed E-state index contributed by atoms with van der Waals surface area (Å²) in [5.74, 6) is 0.154. The van der Waals surface area contributed by atoms with Crippen LogP contribution in [0.3, 0.4) is 0 Å². The van der Waals surface area contributed by atoms with Gasteiger partial charge in [-0.05, 0) is 41.5 Å². The molecule has 1 atom stereocenters. The lowest BCUT2D eigenvalue weighted by atomic mass is 10.1. The number of carbonyl (C=O) groups is 1. The molecule has 0 aromatic heterocycles. The Morgan fingerprint density at radius 3 is 2.35 bits per heavy atom. The molecule has 1 amide bonds. The Hall–Kier alpha value is -3.19. The normalized spacial score (nSPS) is 12.0. The highest BCUT2D eigenvalue weighted by Gasteiger charge is 2.11. The van der Waals surface area contributed by atoms with E-state index in [1.165, 1.54) is 38.5 Å². The van der Waals surface area contributed by atoms with Crippen molar-refractivity contribution in [2.75, 3.05) is 20.8 Å². The number of hydrogen-bond donors (Lipinski definition) is 4. The number of phenolic OH excluding ortho intramolecular Hbond substituents is 2. The van der Waals surface area contributed by atoms with E-state index in [2.05, 4.69) is 5.32 Å². The number of hydrogen-bond acceptors (Lipinski definition) is 6. The van der Waals surface area contributed by atoms with E-state index < -0.39 is 6.10 Å². The maximum Gasteiger partial charge on any atom is 0.244 e. The molecule has 0 heterocycles. The van der Waals surface area contributed by atoms with Gasteiger partial charge in [-0.3, -0.25) is 4.79 Å². The smallest absolute Gasteiger partial charge is 0.244 e. The lowest BCUT2D eigenvalue weighted by molar-refractivity contribution is -0.116. The number of rotatable bonds is 7. The molecule has 0 aliphatic rings. The van der Waals surface area contributed by atoms with Gasteiger partial charge in [-0.2, -0.15) is 0 Å². The molecule has 2 rings (SSSR count). The minimum atomic E-state index is -0.949. The van der Waals surface area contributed by atoms with Crippen molar-refractivity contribution in [2.45, 2.75) is 6.10 Å². The number of nitrogens with one attached hydrogen (secondary N) is 1. The second kappa shape index (κ2) is 8.77. The molecule has 0 aliphatic carbocycles. The third kappa shape index (κ3) is 4.90. The van der Waals surface area contributed by atoms with Crippen molar-refractivity contribution in [1.82, 2.24) is 5.32 Å². The molecule has 7 nitrogen and oxygen atoms in total. The van der Waals surface area contributed by atoms with Crippen molar-refractivity contribution in [1.29, 1.82) is 0 Å². The standard InChI is InChI=1S/C19H21NO6/c1-25-17-9-12(3-6-14(17)21)4-8-19(24)20-11-16(23)13-5-7-15(22)18(10-13)26-2/h3-10,16,21-23H,11H2,1-2H3,(H,20,24)/b8-4+/t16-/m0/s1. The zero-order valence-electron chi connectivity index (χ0n) is 14.5. The van der Waals surface area contributed by atoms with E-state index in [0.717, 1.165) is 0 Å². The molecule has 138 valence electrons. The first-order valence-electron chi connectivity index (χ1n) is 7.82. The predicted octanol–water partition coefficient (Wildman–Crippen LogP) is 1.98. The molecule has 2 aromatic carbocycles. The number of carbonyl (C=O) groups excluding carboxylic acids is 1. The summed E-state index contributed by atoms with van der Waals surface area (Å²) in [5, 5.41) is 31.8. The highest BCUT2D eigenvalue weighted by molar-refractivity contribution is 5.91. The Morgan fingerprint density at radius 1 is 1.08 bits per heavy atom. The fourth-order valence-corrected chi connectivity index (χ4v) is 2.25. The molecule has 26 heavy (non-hydrogen) atoms. The van der Waals surface area contributed by atoms with Gasteiger partial charge in [-0.1, -0.05) is 12.1 Å². The van der Waals surface area contributed by atoms with E-state index in [1.807, 2.05) is 0 Å². The van der Waals surface area contributed by atoms with Gasteiger partial charge in [0, 0.05) is 12.6 Å². The quantitative estimate of drug-likeness (QED) is 0.563. The molecule has 0 aliphatic heterocycles. The van der Waals surface area contributed by atoms with Crippen LogP contribution >= 0.6 is 0 Å². The highest BCUT2D eigenvalue weighted by Crippen LogP contribution is 2.29. The van der Waals surface area contributed by atoms with Gasteiger partial charge in [0.15, 0.2) is 23.0 Å². The fraction of sp³-hybridized carbons (Fsp3) is 0.211. The molecular formula is C19H21NO6. The minimum Gasteiger partial charge on any atom is -0.504 e. The first-order chi connectivity index (χ1) is 12.4. The number of amides is 1. The summed E-state index contributed by atoms with van der Waals surface area (Å²) in [5.41, 5.74) is 1.19. The maximum atomic E-state index is 11.9. The monoisotopic (exact) mass is 359 g/mol. The van der Waals surface area contributed by atoms with E-state index in [1.54, 1.807) is 24.3 Å². The second-order valence-corrected chi connectivity index (χ2v) is 5.46. The summed E-state index contributed by atoms with van der Waals surface area (Å²) in [4.78, 5) is 11.9. The van der Waals surface area contributed by atoms with Crippen LogP contribution in [0.15, 0.2) is 42.5 Å².